The van der Waals surface area contributed by atoms with Crippen LogP contribution in [0.5, 0.6) is 11.5 Å². The van der Waals surface area contributed by atoms with E-state index in [1.165, 1.54) is 0 Å². The zero-order valence-electron chi connectivity index (χ0n) is 13.2. The van der Waals surface area contributed by atoms with Crippen LogP contribution in [0, 0.1) is 0 Å². The molecular weight excluding hydrogens is 278 g/mol. The van der Waals surface area contributed by atoms with Crippen LogP contribution >= 0.6 is 0 Å². The van der Waals surface area contributed by atoms with Crippen molar-refractivity contribution in [3.8, 4) is 11.5 Å². The molecule has 0 spiro atoms. The molecule has 0 saturated carbocycles. The Hall–Kier alpha value is -2.49. The Morgan fingerprint density at radius 1 is 1.05 bits per heavy atom. The summed E-state index contributed by atoms with van der Waals surface area (Å²) in [6, 6.07) is 17.0. The summed E-state index contributed by atoms with van der Waals surface area (Å²) in [5.74, 6) is 1.44. The van der Waals surface area contributed by atoms with Crippen molar-refractivity contribution >= 4 is 5.91 Å². The van der Waals surface area contributed by atoms with Crippen molar-refractivity contribution in [3.63, 3.8) is 0 Å². The third-order valence-corrected chi connectivity index (χ3v) is 3.68. The number of likely N-dealkylation sites (N-methyl/N-ethyl adjacent to an activating group) is 1. The van der Waals surface area contributed by atoms with Gasteiger partial charge >= 0.3 is 0 Å². The first-order valence-electron chi connectivity index (χ1n) is 7.19. The number of para-hydroxylation sites is 1. The Bertz CT molecular complexity index is 595. The molecule has 0 aliphatic carbocycles. The molecule has 0 fully saturated rings. The van der Waals surface area contributed by atoms with E-state index in [2.05, 4.69) is 0 Å². The van der Waals surface area contributed by atoms with Crippen molar-refractivity contribution < 1.29 is 14.3 Å². The van der Waals surface area contributed by atoms with Crippen molar-refractivity contribution in [3.05, 3.63) is 60.2 Å². The highest BCUT2D eigenvalue weighted by atomic mass is 16.5. The van der Waals surface area contributed by atoms with Gasteiger partial charge in [-0.3, -0.25) is 4.79 Å². The predicted octanol–water partition coefficient (Wildman–Crippen LogP) is 3.29. The minimum Gasteiger partial charge on any atom is -0.497 e. The number of methoxy groups -OCH3 is 1. The predicted molar refractivity (Wildman–Crippen MR) is 86.1 cm³/mol. The van der Waals surface area contributed by atoms with Crippen molar-refractivity contribution in [2.45, 2.75) is 13.0 Å². The van der Waals surface area contributed by atoms with Crippen molar-refractivity contribution in [1.29, 1.82) is 0 Å². The fourth-order valence-electron chi connectivity index (χ4n) is 2.09. The van der Waals surface area contributed by atoms with E-state index in [9.17, 15) is 4.79 Å². The largest absolute Gasteiger partial charge is 0.497 e. The van der Waals surface area contributed by atoms with Crippen LogP contribution in [0.15, 0.2) is 54.6 Å². The highest BCUT2D eigenvalue weighted by molar-refractivity contribution is 5.78. The molecule has 2 rings (SSSR count). The van der Waals surface area contributed by atoms with E-state index in [0.717, 1.165) is 11.3 Å². The highest BCUT2D eigenvalue weighted by Gasteiger charge is 2.17. The summed E-state index contributed by atoms with van der Waals surface area (Å²) in [6.45, 7) is 2.02. The Balaban J connectivity index is 1.93. The lowest BCUT2D eigenvalue weighted by atomic mass is 10.1. The number of carbonyl (C=O) groups is 1. The van der Waals surface area contributed by atoms with Gasteiger partial charge in [0, 0.05) is 7.05 Å². The normalized spacial score (nSPS) is 11.6. The van der Waals surface area contributed by atoms with Crippen LogP contribution in [0.1, 0.15) is 18.5 Å². The van der Waals surface area contributed by atoms with E-state index in [4.69, 9.17) is 9.47 Å². The van der Waals surface area contributed by atoms with Crippen LogP contribution < -0.4 is 9.47 Å². The second kappa shape index (κ2) is 7.50. The standard InChI is InChI=1S/C18H21NO3/c1-14(15-9-11-16(21-3)12-10-15)19(2)18(20)13-22-17-7-5-4-6-8-17/h4-12,14H,13H2,1-3H3. The fraction of sp³-hybridized carbons (Fsp3) is 0.278. The topological polar surface area (TPSA) is 38.8 Å². The SMILES string of the molecule is COc1ccc(C(C)N(C)C(=O)COc2ccccc2)cc1. The maximum absolute atomic E-state index is 12.2. The maximum atomic E-state index is 12.2. The number of hydrogen-bond donors (Lipinski definition) is 0. The number of rotatable bonds is 6. The molecular formula is C18H21NO3. The minimum absolute atomic E-state index is 0.0288. The van der Waals surface area contributed by atoms with Crippen LogP contribution in [0.4, 0.5) is 0 Å². The number of ether oxygens (including phenoxy) is 2. The van der Waals surface area contributed by atoms with Crippen LogP contribution in [0.3, 0.4) is 0 Å². The number of amides is 1. The third kappa shape index (κ3) is 4.01. The smallest absolute Gasteiger partial charge is 0.260 e. The van der Waals surface area contributed by atoms with E-state index in [1.54, 1.807) is 19.1 Å². The van der Waals surface area contributed by atoms with Gasteiger partial charge in [-0.05, 0) is 36.8 Å². The van der Waals surface area contributed by atoms with Gasteiger partial charge < -0.3 is 14.4 Å². The molecule has 22 heavy (non-hydrogen) atoms. The van der Waals surface area contributed by atoms with Gasteiger partial charge in [-0.1, -0.05) is 30.3 Å². The minimum atomic E-state index is -0.0628. The highest BCUT2D eigenvalue weighted by Crippen LogP contribution is 2.21. The zero-order valence-corrected chi connectivity index (χ0v) is 13.2. The summed E-state index contributed by atoms with van der Waals surface area (Å²) < 4.78 is 10.6. The van der Waals surface area contributed by atoms with Gasteiger partial charge in [0.15, 0.2) is 6.61 Å². The van der Waals surface area contributed by atoms with Gasteiger partial charge in [-0.2, -0.15) is 0 Å². The molecule has 0 N–H and O–H groups in total. The van der Waals surface area contributed by atoms with Gasteiger partial charge in [0.2, 0.25) is 0 Å². The molecule has 4 heteroatoms. The maximum Gasteiger partial charge on any atom is 0.260 e. The summed E-state index contributed by atoms with van der Waals surface area (Å²) in [5.41, 5.74) is 1.05. The average Bonchev–Trinajstić information content (AvgIpc) is 2.59. The molecule has 0 saturated heterocycles. The lowest BCUT2D eigenvalue weighted by Gasteiger charge is -2.25. The van der Waals surface area contributed by atoms with E-state index < -0.39 is 0 Å². The molecule has 2 aromatic carbocycles. The van der Waals surface area contributed by atoms with Gasteiger partial charge in [0.25, 0.3) is 5.91 Å². The summed E-state index contributed by atoms with van der Waals surface area (Å²) in [5, 5.41) is 0. The third-order valence-electron chi connectivity index (χ3n) is 3.68. The zero-order chi connectivity index (χ0) is 15.9. The fourth-order valence-corrected chi connectivity index (χ4v) is 2.09. The number of nitrogens with zero attached hydrogens (tertiary/aromatic N) is 1. The molecule has 0 heterocycles. The molecule has 0 aliphatic heterocycles. The quantitative estimate of drug-likeness (QED) is 0.821. The number of benzene rings is 2. The van der Waals surface area contributed by atoms with Crippen molar-refractivity contribution in [2.75, 3.05) is 20.8 Å². The monoisotopic (exact) mass is 299 g/mol. The lowest BCUT2D eigenvalue weighted by Crippen LogP contribution is -2.33. The molecule has 0 aliphatic rings. The average molecular weight is 299 g/mol. The van der Waals surface area contributed by atoms with Crippen LogP contribution in [0.25, 0.3) is 0 Å². The van der Waals surface area contributed by atoms with Crippen molar-refractivity contribution in [1.82, 2.24) is 4.90 Å². The molecule has 0 bridgehead atoms. The van der Waals surface area contributed by atoms with E-state index in [1.807, 2.05) is 61.5 Å². The second-order valence-electron chi connectivity index (χ2n) is 5.06. The Labute approximate surface area is 131 Å². The molecule has 1 atom stereocenters. The van der Waals surface area contributed by atoms with E-state index in [-0.39, 0.29) is 18.6 Å². The van der Waals surface area contributed by atoms with Gasteiger partial charge in [0.05, 0.1) is 13.2 Å². The molecule has 0 aromatic heterocycles. The molecule has 4 nitrogen and oxygen atoms in total. The van der Waals surface area contributed by atoms with Gasteiger partial charge in [0.1, 0.15) is 11.5 Å². The van der Waals surface area contributed by atoms with Gasteiger partial charge in [-0.25, -0.2) is 0 Å². The van der Waals surface area contributed by atoms with Gasteiger partial charge in [-0.15, -0.1) is 0 Å². The van der Waals surface area contributed by atoms with Crippen LogP contribution in [-0.4, -0.2) is 31.6 Å². The molecule has 2 aromatic rings. The Kier molecular flexibility index (Phi) is 5.42. The van der Waals surface area contributed by atoms with E-state index in [0.29, 0.717) is 5.75 Å². The first kappa shape index (κ1) is 15.9. The summed E-state index contributed by atoms with van der Waals surface area (Å²) in [6.07, 6.45) is 0. The van der Waals surface area contributed by atoms with Crippen molar-refractivity contribution in [2.24, 2.45) is 0 Å². The number of hydrogen-bond acceptors (Lipinski definition) is 3. The first-order chi connectivity index (χ1) is 10.6. The second-order valence-corrected chi connectivity index (χ2v) is 5.06. The molecule has 116 valence electrons. The Morgan fingerprint density at radius 2 is 1.68 bits per heavy atom. The van der Waals surface area contributed by atoms with E-state index >= 15 is 0 Å². The summed E-state index contributed by atoms with van der Waals surface area (Å²) in [4.78, 5) is 13.9. The molecule has 0 radical (unpaired) electrons. The molecule has 1 amide bonds. The lowest BCUT2D eigenvalue weighted by molar-refractivity contribution is -0.134. The van der Waals surface area contributed by atoms with Crippen LogP contribution in [-0.2, 0) is 4.79 Å². The molecule has 1 unspecified atom stereocenters. The Morgan fingerprint density at radius 3 is 2.27 bits per heavy atom. The first-order valence-corrected chi connectivity index (χ1v) is 7.19. The summed E-state index contributed by atoms with van der Waals surface area (Å²) in [7, 11) is 3.42. The van der Waals surface area contributed by atoms with Crippen LogP contribution in [0.2, 0.25) is 0 Å². The summed E-state index contributed by atoms with van der Waals surface area (Å²) >= 11 is 0. The number of carbonyl (C=O) groups excluding carboxylic acids is 1.